The average molecular weight is 477 g/mol. The van der Waals surface area contributed by atoms with Crippen LogP contribution in [-0.4, -0.2) is 54.7 Å². The summed E-state index contributed by atoms with van der Waals surface area (Å²) in [7, 11) is 0. The van der Waals surface area contributed by atoms with Gasteiger partial charge < -0.3 is 31.3 Å². The molecule has 35 heavy (non-hydrogen) atoms. The number of phenols is 1. The number of amides is 1. The van der Waals surface area contributed by atoms with Gasteiger partial charge in [-0.05, 0) is 29.5 Å². The summed E-state index contributed by atoms with van der Waals surface area (Å²) in [6.07, 6.45) is -1.86. The Kier molecular flexibility index (Phi) is 5.08. The summed E-state index contributed by atoms with van der Waals surface area (Å²) in [5, 5.41) is 55.4. The Morgan fingerprint density at radius 2 is 1.69 bits per heavy atom. The van der Waals surface area contributed by atoms with Crippen LogP contribution in [0.3, 0.4) is 0 Å². The first-order valence-electron chi connectivity index (χ1n) is 11.1. The molecule has 3 aliphatic rings. The normalized spacial score (nSPS) is 30.0. The highest BCUT2D eigenvalue weighted by atomic mass is 16.4. The number of aliphatic hydroxyl groups is 4. The lowest BCUT2D eigenvalue weighted by molar-refractivity contribution is -0.137. The Labute approximate surface area is 199 Å². The SMILES string of the molecule is NC(=O)C1=C(O)[C@@]2(O)C(O)=C3C(=O)c4c(O)cccc4[C@H](Cc4ccccc4)[C@H]3[C@H](O)[C@H]2CC1=O. The van der Waals surface area contributed by atoms with Gasteiger partial charge in [0.1, 0.15) is 22.8 Å². The number of carbonyl (C=O) groups excluding carboxylic acids is 3. The first kappa shape index (κ1) is 22.8. The maximum atomic E-state index is 13.6. The third kappa shape index (κ3) is 3.05. The molecular formula is C26H23NO8. The summed E-state index contributed by atoms with van der Waals surface area (Å²) in [5.74, 6) is -8.70. The van der Waals surface area contributed by atoms with Crippen LogP contribution >= 0.6 is 0 Å². The minimum Gasteiger partial charge on any atom is -0.508 e. The topological polar surface area (TPSA) is 178 Å². The molecule has 0 radical (unpaired) electrons. The van der Waals surface area contributed by atoms with Crippen molar-refractivity contribution in [2.45, 2.75) is 30.5 Å². The Balaban J connectivity index is 1.79. The summed E-state index contributed by atoms with van der Waals surface area (Å²) < 4.78 is 0. The zero-order valence-corrected chi connectivity index (χ0v) is 18.4. The number of phenolic OH excluding ortho intramolecular Hbond substituents is 1. The van der Waals surface area contributed by atoms with Gasteiger partial charge in [0.05, 0.1) is 11.7 Å². The van der Waals surface area contributed by atoms with Crippen LogP contribution < -0.4 is 5.73 Å². The number of fused-ring (bicyclic) bond motifs is 3. The van der Waals surface area contributed by atoms with Gasteiger partial charge in [-0.25, -0.2) is 0 Å². The predicted octanol–water partition coefficient (Wildman–Crippen LogP) is 1.34. The second kappa shape index (κ2) is 7.79. The number of primary amides is 1. The maximum absolute atomic E-state index is 13.6. The molecule has 3 aliphatic carbocycles. The molecule has 0 unspecified atom stereocenters. The number of carbonyl (C=O) groups is 3. The molecule has 5 atom stereocenters. The van der Waals surface area contributed by atoms with E-state index in [1.165, 1.54) is 6.07 Å². The third-order valence-electron chi connectivity index (χ3n) is 7.47. The number of hydrogen-bond acceptors (Lipinski definition) is 8. The molecule has 0 saturated heterocycles. The number of ketones is 2. The van der Waals surface area contributed by atoms with Gasteiger partial charge in [-0.1, -0.05) is 42.5 Å². The highest BCUT2D eigenvalue weighted by molar-refractivity contribution is 6.20. The molecule has 2 aromatic rings. The lowest BCUT2D eigenvalue weighted by Gasteiger charge is -2.50. The highest BCUT2D eigenvalue weighted by Gasteiger charge is 2.63. The van der Waals surface area contributed by atoms with E-state index in [1.807, 2.05) is 30.3 Å². The van der Waals surface area contributed by atoms with Crippen LogP contribution in [0.2, 0.25) is 0 Å². The van der Waals surface area contributed by atoms with Gasteiger partial charge in [0.2, 0.25) is 0 Å². The predicted molar refractivity (Wildman–Crippen MR) is 121 cm³/mol. The van der Waals surface area contributed by atoms with Gasteiger partial charge in [-0.3, -0.25) is 14.4 Å². The van der Waals surface area contributed by atoms with Gasteiger partial charge in [0.25, 0.3) is 5.91 Å². The van der Waals surface area contributed by atoms with E-state index in [-0.39, 0.29) is 11.3 Å². The van der Waals surface area contributed by atoms with E-state index in [2.05, 4.69) is 0 Å². The number of Topliss-reactive ketones (excluding diaryl/α,β-unsaturated/α-hetero) is 2. The Bertz CT molecular complexity index is 1340. The van der Waals surface area contributed by atoms with E-state index in [0.29, 0.717) is 12.0 Å². The van der Waals surface area contributed by atoms with Crippen LogP contribution in [0.1, 0.15) is 33.8 Å². The number of nitrogens with two attached hydrogens (primary N) is 1. The Morgan fingerprint density at radius 1 is 1.00 bits per heavy atom. The molecule has 0 aliphatic heterocycles. The van der Waals surface area contributed by atoms with Crippen LogP contribution in [0.4, 0.5) is 0 Å². The van der Waals surface area contributed by atoms with Crippen molar-refractivity contribution >= 4 is 17.5 Å². The van der Waals surface area contributed by atoms with E-state index >= 15 is 0 Å². The van der Waals surface area contributed by atoms with Gasteiger partial charge in [-0.2, -0.15) is 0 Å². The van der Waals surface area contributed by atoms with Crippen LogP contribution in [0, 0.1) is 11.8 Å². The first-order valence-corrected chi connectivity index (χ1v) is 11.1. The number of hydrogen-bond donors (Lipinski definition) is 6. The van der Waals surface area contributed by atoms with E-state index in [4.69, 9.17) is 5.73 Å². The highest BCUT2D eigenvalue weighted by Crippen LogP contribution is 2.56. The molecule has 0 aromatic heterocycles. The van der Waals surface area contributed by atoms with Crippen molar-refractivity contribution in [2.24, 2.45) is 17.6 Å². The van der Waals surface area contributed by atoms with Gasteiger partial charge in [0.15, 0.2) is 17.2 Å². The molecule has 0 heterocycles. The molecule has 1 amide bonds. The first-order chi connectivity index (χ1) is 16.6. The monoisotopic (exact) mass is 477 g/mol. The maximum Gasteiger partial charge on any atom is 0.255 e. The van der Waals surface area contributed by atoms with Gasteiger partial charge >= 0.3 is 0 Å². The lowest BCUT2D eigenvalue weighted by atomic mass is 9.56. The number of aromatic hydroxyl groups is 1. The van der Waals surface area contributed by atoms with Crippen molar-refractivity contribution in [2.75, 3.05) is 0 Å². The minimum atomic E-state index is -2.78. The fourth-order valence-electron chi connectivity index (χ4n) is 5.89. The van der Waals surface area contributed by atoms with Crippen molar-refractivity contribution in [3.63, 3.8) is 0 Å². The van der Waals surface area contributed by atoms with Crippen molar-refractivity contribution in [3.05, 3.63) is 87.9 Å². The molecule has 9 nitrogen and oxygen atoms in total. The number of aliphatic hydroxyl groups excluding tert-OH is 3. The Hall–Kier alpha value is -3.95. The molecule has 180 valence electrons. The fraction of sp³-hybridized carbons (Fsp3) is 0.269. The molecule has 0 fully saturated rings. The smallest absolute Gasteiger partial charge is 0.255 e. The van der Waals surface area contributed by atoms with Gasteiger partial charge in [-0.15, -0.1) is 0 Å². The second-order valence-electron chi connectivity index (χ2n) is 9.23. The summed E-state index contributed by atoms with van der Waals surface area (Å²) >= 11 is 0. The minimum absolute atomic E-state index is 0.0917. The van der Waals surface area contributed by atoms with Crippen molar-refractivity contribution in [1.82, 2.24) is 0 Å². The summed E-state index contributed by atoms with van der Waals surface area (Å²) in [6, 6.07) is 13.7. The van der Waals surface area contributed by atoms with E-state index in [9.17, 15) is 39.9 Å². The van der Waals surface area contributed by atoms with Crippen LogP contribution in [-0.2, 0) is 16.0 Å². The zero-order valence-electron chi connectivity index (χ0n) is 18.4. The van der Waals surface area contributed by atoms with Crippen molar-refractivity contribution < 1.29 is 39.9 Å². The van der Waals surface area contributed by atoms with Crippen molar-refractivity contribution in [1.29, 1.82) is 0 Å². The third-order valence-corrected chi connectivity index (χ3v) is 7.47. The van der Waals surface area contributed by atoms with Crippen LogP contribution in [0.25, 0.3) is 0 Å². The van der Waals surface area contributed by atoms with E-state index in [0.717, 1.165) is 5.56 Å². The molecular weight excluding hydrogens is 454 g/mol. The second-order valence-corrected chi connectivity index (χ2v) is 9.23. The quantitative estimate of drug-likeness (QED) is 0.358. The van der Waals surface area contributed by atoms with E-state index in [1.54, 1.807) is 12.1 Å². The Morgan fingerprint density at radius 3 is 2.34 bits per heavy atom. The average Bonchev–Trinajstić information content (AvgIpc) is 2.81. The molecule has 0 saturated carbocycles. The standard InChI is InChI=1S/C26H23NO8/c27-25(34)19-16(29)10-14-21(30)18-13(9-11-5-2-1-3-6-11)12-7-4-8-15(28)17(12)22(31)20(18)24(33)26(14,35)23(19)32/h1-8,13-14,18,21,28,30,32-33,35H,9-10H2,(H2,27,34)/t13-,14+,18+,21+,26+/m0/s1. The summed E-state index contributed by atoms with van der Waals surface area (Å²) in [4.78, 5) is 38.0. The van der Waals surface area contributed by atoms with Crippen LogP contribution in [0.5, 0.6) is 5.75 Å². The molecule has 5 rings (SSSR count). The summed E-state index contributed by atoms with van der Waals surface area (Å²) in [6.45, 7) is 0. The zero-order chi connectivity index (χ0) is 25.2. The summed E-state index contributed by atoms with van der Waals surface area (Å²) in [5.41, 5.74) is 2.35. The van der Waals surface area contributed by atoms with Gasteiger partial charge in [0, 0.05) is 23.8 Å². The fourth-order valence-corrected chi connectivity index (χ4v) is 5.89. The molecule has 0 spiro atoms. The number of benzene rings is 2. The number of rotatable bonds is 3. The van der Waals surface area contributed by atoms with Crippen molar-refractivity contribution in [3.8, 4) is 5.75 Å². The largest absolute Gasteiger partial charge is 0.508 e. The molecule has 9 heteroatoms. The van der Waals surface area contributed by atoms with E-state index < -0.39 is 76.0 Å². The molecule has 7 N–H and O–H groups in total. The van der Waals surface area contributed by atoms with Crippen LogP contribution in [0.15, 0.2) is 71.2 Å². The molecule has 2 aromatic carbocycles. The lowest BCUT2D eigenvalue weighted by Crippen LogP contribution is -2.60. The molecule has 0 bridgehead atoms.